The number of carbonyl (C=O) groups is 1. The van der Waals surface area contributed by atoms with E-state index in [0.717, 1.165) is 13.0 Å². The molecule has 0 aromatic heterocycles. The summed E-state index contributed by atoms with van der Waals surface area (Å²) in [4.78, 5) is 39.6. The van der Waals surface area contributed by atoms with Crippen molar-refractivity contribution in [1.82, 2.24) is 5.32 Å². The van der Waals surface area contributed by atoms with Crippen LogP contribution >= 0.6 is 7.94 Å². The molecule has 19 heavy (non-hydrogen) atoms. The minimum Gasteiger partial charge on any atom is -0.632 e. The second-order valence-corrected chi connectivity index (χ2v) is 7.29. The van der Waals surface area contributed by atoms with E-state index >= 15 is 0 Å². The van der Waals surface area contributed by atoms with Gasteiger partial charge in [-0.1, -0.05) is 6.58 Å². The number of carbonyl (C=O) groups excluding carboxylic acids is 1. The number of quaternary nitrogens is 1. The van der Waals surface area contributed by atoms with Gasteiger partial charge >= 0.3 is 0 Å². The number of hydrogen-bond donors (Lipinski definition) is 3. The molecule has 7 heteroatoms. The highest BCUT2D eigenvalue weighted by Gasteiger charge is 2.21. The van der Waals surface area contributed by atoms with Crippen molar-refractivity contribution in [2.24, 2.45) is 0 Å². The smallest absolute Gasteiger partial charge is 0.246 e. The molecule has 3 N–H and O–H groups in total. The van der Waals surface area contributed by atoms with Gasteiger partial charge in [0.1, 0.15) is 6.16 Å². The van der Waals surface area contributed by atoms with Gasteiger partial charge in [-0.15, -0.1) is 0 Å². The van der Waals surface area contributed by atoms with E-state index < -0.39 is 7.94 Å². The average Bonchev–Trinajstić information content (AvgIpc) is 2.21. The standard InChI is InChI=1S/C12H25N2O4P/c1-11(2)12(15)13-7-5-8-14(3,4)9-6-10-19(16,17)18/h1,5-10H2,2-4H3,(H2-,13,15,16,17,18)/p+1. The Morgan fingerprint density at radius 3 is 2.32 bits per heavy atom. The Labute approximate surface area is 115 Å². The van der Waals surface area contributed by atoms with Crippen molar-refractivity contribution in [1.29, 1.82) is 0 Å². The lowest BCUT2D eigenvalue weighted by molar-refractivity contribution is -0.890. The zero-order valence-corrected chi connectivity index (χ0v) is 12.9. The third-order valence-corrected chi connectivity index (χ3v) is 3.73. The molecule has 0 bridgehead atoms. The SMILES string of the molecule is C=C(C)C(=O)NCCC[N+](C)(C)CCC[P+]([O-])(O)O. The van der Waals surface area contributed by atoms with Gasteiger partial charge in [-0.05, 0) is 6.92 Å². The summed E-state index contributed by atoms with van der Waals surface area (Å²) in [5.74, 6) is -0.133. The third kappa shape index (κ3) is 11.0. The van der Waals surface area contributed by atoms with E-state index in [1.54, 1.807) is 6.92 Å². The van der Waals surface area contributed by atoms with Gasteiger partial charge in [0, 0.05) is 25.0 Å². The Balaban J connectivity index is 3.79. The van der Waals surface area contributed by atoms with E-state index in [0.29, 0.717) is 29.6 Å². The third-order valence-electron chi connectivity index (χ3n) is 2.83. The largest absolute Gasteiger partial charge is 0.632 e. The van der Waals surface area contributed by atoms with Crippen LogP contribution in [0, 0.1) is 0 Å². The molecule has 0 fully saturated rings. The topological polar surface area (TPSA) is 92.6 Å². The predicted octanol–water partition coefficient (Wildman–Crippen LogP) is -0.357. The minimum atomic E-state index is -3.88. The molecule has 0 saturated heterocycles. The van der Waals surface area contributed by atoms with Gasteiger partial charge in [0.15, 0.2) is 0 Å². The van der Waals surface area contributed by atoms with Gasteiger partial charge in [0.05, 0.1) is 27.2 Å². The molecule has 0 heterocycles. The van der Waals surface area contributed by atoms with Crippen LogP contribution in [-0.2, 0) is 4.79 Å². The lowest BCUT2D eigenvalue weighted by Gasteiger charge is -2.30. The molecule has 0 aromatic rings. The van der Waals surface area contributed by atoms with Crippen LogP contribution in [0.15, 0.2) is 12.2 Å². The first-order valence-corrected chi connectivity index (χ1v) is 8.13. The Hall–Kier alpha value is -0.520. The summed E-state index contributed by atoms with van der Waals surface area (Å²) in [6.45, 7) is 7.36. The lowest BCUT2D eigenvalue weighted by Crippen LogP contribution is -2.43. The molecule has 0 aliphatic rings. The molecule has 0 spiro atoms. The first kappa shape index (κ1) is 18.5. The van der Waals surface area contributed by atoms with Crippen molar-refractivity contribution in [3.63, 3.8) is 0 Å². The van der Waals surface area contributed by atoms with Gasteiger partial charge in [-0.3, -0.25) is 4.79 Å². The maximum Gasteiger partial charge on any atom is 0.246 e. The van der Waals surface area contributed by atoms with Gasteiger partial charge in [-0.25, -0.2) is 9.79 Å². The van der Waals surface area contributed by atoms with Crippen LogP contribution in [-0.4, -0.2) is 60.1 Å². The molecule has 6 nitrogen and oxygen atoms in total. The number of hydrogen-bond acceptors (Lipinski definition) is 4. The van der Waals surface area contributed by atoms with Crippen molar-refractivity contribution in [2.75, 3.05) is 39.9 Å². The van der Waals surface area contributed by atoms with E-state index in [2.05, 4.69) is 11.9 Å². The maximum atomic E-state index is 11.2. The summed E-state index contributed by atoms with van der Waals surface area (Å²) < 4.78 is 0.683. The van der Waals surface area contributed by atoms with Crippen LogP contribution in [0.25, 0.3) is 0 Å². The summed E-state index contributed by atoms with van der Waals surface area (Å²) in [6, 6.07) is 0. The van der Waals surface area contributed by atoms with E-state index in [-0.39, 0.29) is 12.1 Å². The molecule has 0 saturated carbocycles. The zero-order chi connectivity index (χ0) is 15.1. The van der Waals surface area contributed by atoms with Crippen LogP contribution in [0.4, 0.5) is 0 Å². The molecule has 0 atom stereocenters. The van der Waals surface area contributed by atoms with E-state index in [9.17, 15) is 9.69 Å². The molecular weight excluding hydrogens is 267 g/mol. The van der Waals surface area contributed by atoms with Gasteiger partial charge in [0.25, 0.3) is 0 Å². The van der Waals surface area contributed by atoms with Crippen molar-refractivity contribution < 1.29 is 24.0 Å². The molecule has 112 valence electrons. The summed E-state index contributed by atoms with van der Waals surface area (Å²) in [7, 11) is 0.144. The zero-order valence-electron chi connectivity index (χ0n) is 12.1. The first-order valence-electron chi connectivity index (χ1n) is 6.34. The summed E-state index contributed by atoms with van der Waals surface area (Å²) >= 11 is 0. The Bertz CT molecular complexity index is 313. The lowest BCUT2D eigenvalue weighted by atomic mass is 10.3. The molecule has 0 radical (unpaired) electrons. The molecule has 0 aliphatic heterocycles. The Morgan fingerprint density at radius 2 is 1.84 bits per heavy atom. The van der Waals surface area contributed by atoms with Crippen molar-refractivity contribution in [2.45, 2.75) is 19.8 Å². The number of nitrogens with zero attached hydrogens (tertiary/aromatic N) is 1. The molecular formula is C12H26N2O4P+. The second kappa shape index (κ2) is 7.92. The second-order valence-electron chi connectivity index (χ2n) is 5.51. The molecule has 0 aromatic carbocycles. The fourth-order valence-corrected chi connectivity index (χ4v) is 2.23. The van der Waals surface area contributed by atoms with E-state index in [4.69, 9.17) is 9.79 Å². The molecule has 1 amide bonds. The molecule has 0 aliphatic carbocycles. The van der Waals surface area contributed by atoms with Crippen LogP contribution in [0.1, 0.15) is 19.8 Å². The van der Waals surface area contributed by atoms with Crippen molar-refractivity contribution in [3.8, 4) is 0 Å². The van der Waals surface area contributed by atoms with Gasteiger partial charge < -0.3 is 14.7 Å². The Kier molecular flexibility index (Phi) is 7.71. The normalized spacial score (nSPS) is 12.3. The summed E-state index contributed by atoms with van der Waals surface area (Å²) in [6.07, 6.45) is 1.25. The highest BCUT2D eigenvalue weighted by molar-refractivity contribution is 7.57. The highest BCUT2D eigenvalue weighted by atomic mass is 31.2. The van der Waals surface area contributed by atoms with Crippen LogP contribution in [0.2, 0.25) is 0 Å². The van der Waals surface area contributed by atoms with E-state index in [1.807, 2.05) is 14.1 Å². The highest BCUT2D eigenvalue weighted by Crippen LogP contribution is 2.39. The monoisotopic (exact) mass is 293 g/mol. The average molecular weight is 293 g/mol. The molecule has 0 rings (SSSR count). The fraction of sp³-hybridized carbons (Fsp3) is 0.750. The first-order chi connectivity index (χ1) is 8.53. The van der Waals surface area contributed by atoms with E-state index in [1.165, 1.54) is 0 Å². The Morgan fingerprint density at radius 1 is 1.32 bits per heavy atom. The summed E-state index contributed by atoms with van der Waals surface area (Å²) in [5.41, 5.74) is 0.496. The summed E-state index contributed by atoms with van der Waals surface area (Å²) in [5, 5.41) is 2.76. The van der Waals surface area contributed by atoms with Crippen molar-refractivity contribution in [3.05, 3.63) is 12.2 Å². The minimum absolute atomic E-state index is 0.0684. The van der Waals surface area contributed by atoms with Crippen molar-refractivity contribution >= 4 is 13.9 Å². The quantitative estimate of drug-likeness (QED) is 0.234. The van der Waals surface area contributed by atoms with Crippen LogP contribution < -0.4 is 10.2 Å². The van der Waals surface area contributed by atoms with Gasteiger partial charge in [0.2, 0.25) is 13.9 Å². The molecule has 0 unspecified atom stereocenters. The van der Waals surface area contributed by atoms with Crippen LogP contribution in [0.3, 0.4) is 0 Å². The van der Waals surface area contributed by atoms with Gasteiger partial charge in [-0.2, -0.15) is 0 Å². The fourth-order valence-electron chi connectivity index (χ4n) is 1.68. The van der Waals surface area contributed by atoms with Crippen LogP contribution in [0.5, 0.6) is 0 Å². The number of rotatable bonds is 9. The maximum absolute atomic E-state index is 11.2. The predicted molar refractivity (Wildman–Crippen MR) is 75.1 cm³/mol. The number of amides is 1. The number of nitrogens with one attached hydrogen (secondary N) is 1.